The molecule has 0 bridgehead atoms. The second-order valence-electron chi connectivity index (χ2n) is 12.0. The van der Waals surface area contributed by atoms with Crippen molar-refractivity contribution in [1.29, 1.82) is 0 Å². The molecule has 6 rings (SSSR count). The first-order valence-electron chi connectivity index (χ1n) is 14.1. The van der Waals surface area contributed by atoms with Crippen molar-refractivity contribution in [3.8, 4) is 17.0 Å². The molecule has 3 aromatic heterocycles. The molecule has 1 amide bonds. The SMILES string of the molecule is C=CC(=O)N1CCC[C@H]1COc1c(N)ncnc1-c1ccc(Cn2ccn3c4c(cc3c2=O)CC(C)(C)C4)c(C)c1. The Morgan fingerprint density at radius 1 is 1.22 bits per heavy atom. The van der Waals surface area contributed by atoms with E-state index >= 15 is 0 Å². The standard InChI is InChI=1S/C32H36N6O3/c1-5-27(39)37-10-6-7-24(37)18-41-29-28(34-19-35-30(29)33)21-8-9-22(20(2)13-21)17-36-11-12-38-25(31(36)40)14-23-15-32(3,4)16-26(23)38/h5,8-9,11-14,19,24H,1,6-7,10,15-18H2,2-4H3,(H2,33,34,35)/t24-/m0/s1. The Morgan fingerprint density at radius 2 is 2.05 bits per heavy atom. The van der Waals surface area contributed by atoms with Gasteiger partial charge in [-0.05, 0) is 72.9 Å². The van der Waals surface area contributed by atoms with Crippen LogP contribution in [-0.4, -0.2) is 48.9 Å². The Hall–Kier alpha value is -4.40. The topological polar surface area (TPSA) is 108 Å². The monoisotopic (exact) mass is 552 g/mol. The van der Waals surface area contributed by atoms with Crippen LogP contribution in [0.3, 0.4) is 0 Å². The van der Waals surface area contributed by atoms with E-state index in [1.54, 1.807) is 9.47 Å². The lowest BCUT2D eigenvalue weighted by molar-refractivity contribution is -0.127. The first-order valence-corrected chi connectivity index (χ1v) is 14.1. The van der Waals surface area contributed by atoms with E-state index in [9.17, 15) is 9.59 Å². The van der Waals surface area contributed by atoms with Gasteiger partial charge in [0.05, 0.1) is 12.6 Å². The van der Waals surface area contributed by atoms with Gasteiger partial charge in [0, 0.05) is 30.2 Å². The molecule has 212 valence electrons. The van der Waals surface area contributed by atoms with Crippen molar-refractivity contribution in [1.82, 2.24) is 23.8 Å². The minimum atomic E-state index is -0.0944. The molecule has 1 fully saturated rings. The highest BCUT2D eigenvalue weighted by Gasteiger charge is 2.32. The molecule has 1 saturated heterocycles. The van der Waals surface area contributed by atoms with Gasteiger partial charge in [-0.15, -0.1) is 0 Å². The average molecular weight is 553 g/mol. The van der Waals surface area contributed by atoms with Crippen molar-refractivity contribution in [3.63, 3.8) is 0 Å². The number of fused-ring (bicyclic) bond motifs is 3. The zero-order valence-corrected chi connectivity index (χ0v) is 23.9. The Bertz CT molecular complexity index is 1730. The Labute approximate surface area is 239 Å². The molecule has 0 unspecified atom stereocenters. The highest BCUT2D eigenvalue weighted by atomic mass is 16.5. The van der Waals surface area contributed by atoms with Crippen LogP contribution < -0.4 is 16.0 Å². The van der Waals surface area contributed by atoms with E-state index < -0.39 is 0 Å². The van der Waals surface area contributed by atoms with E-state index in [0.29, 0.717) is 31.1 Å². The molecular formula is C32H36N6O3. The maximum absolute atomic E-state index is 13.4. The van der Waals surface area contributed by atoms with Crippen LogP contribution in [0.25, 0.3) is 16.8 Å². The zero-order valence-electron chi connectivity index (χ0n) is 23.9. The van der Waals surface area contributed by atoms with Gasteiger partial charge in [-0.3, -0.25) is 9.59 Å². The summed E-state index contributed by atoms with van der Waals surface area (Å²) in [5.74, 6) is 0.561. The van der Waals surface area contributed by atoms with Crippen LogP contribution in [0.2, 0.25) is 0 Å². The number of aryl methyl sites for hydroxylation is 1. The Balaban J connectivity index is 1.24. The summed E-state index contributed by atoms with van der Waals surface area (Å²) in [7, 11) is 0. The summed E-state index contributed by atoms with van der Waals surface area (Å²) in [6.07, 6.45) is 10.4. The molecule has 1 aliphatic heterocycles. The minimum absolute atomic E-state index is 0.0123. The van der Waals surface area contributed by atoms with Crippen LogP contribution in [0, 0.1) is 12.3 Å². The van der Waals surface area contributed by atoms with E-state index in [4.69, 9.17) is 10.5 Å². The van der Waals surface area contributed by atoms with Gasteiger partial charge in [-0.1, -0.05) is 32.6 Å². The number of nitrogen functional groups attached to an aromatic ring is 1. The number of ether oxygens (including phenoxy) is 1. The molecule has 9 heteroatoms. The first-order chi connectivity index (χ1) is 19.6. The first kappa shape index (κ1) is 26.8. The second kappa shape index (κ2) is 10.2. The summed E-state index contributed by atoms with van der Waals surface area (Å²) in [5, 5.41) is 0. The summed E-state index contributed by atoms with van der Waals surface area (Å²) in [6, 6.07) is 8.03. The molecule has 9 nitrogen and oxygen atoms in total. The molecule has 4 heterocycles. The Kier molecular flexibility index (Phi) is 6.68. The van der Waals surface area contributed by atoms with Crippen molar-refractivity contribution in [2.45, 2.75) is 59.0 Å². The van der Waals surface area contributed by atoms with Gasteiger partial charge in [-0.25, -0.2) is 9.97 Å². The predicted molar refractivity (Wildman–Crippen MR) is 159 cm³/mol. The summed E-state index contributed by atoms with van der Waals surface area (Å²) in [4.78, 5) is 36.0. The average Bonchev–Trinajstić information content (AvgIpc) is 3.62. The highest BCUT2D eigenvalue weighted by Crippen LogP contribution is 2.37. The van der Waals surface area contributed by atoms with Crippen molar-refractivity contribution in [2.75, 3.05) is 18.9 Å². The maximum atomic E-state index is 13.4. The van der Waals surface area contributed by atoms with Crippen LogP contribution in [-0.2, 0) is 24.2 Å². The number of nitrogens with zero attached hydrogens (tertiary/aromatic N) is 5. The van der Waals surface area contributed by atoms with Crippen molar-refractivity contribution < 1.29 is 9.53 Å². The zero-order chi connectivity index (χ0) is 28.9. The van der Waals surface area contributed by atoms with Crippen LogP contribution in [0.4, 0.5) is 5.82 Å². The van der Waals surface area contributed by atoms with Gasteiger partial charge in [0.25, 0.3) is 5.56 Å². The predicted octanol–water partition coefficient (Wildman–Crippen LogP) is 4.18. The lowest BCUT2D eigenvalue weighted by Gasteiger charge is -2.24. The third-order valence-corrected chi connectivity index (χ3v) is 8.47. The summed E-state index contributed by atoms with van der Waals surface area (Å²) < 4.78 is 10.0. The number of aromatic nitrogens is 4. The Morgan fingerprint density at radius 3 is 2.83 bits per heavy atom. The third kappa shape index (κ3) is 4.90. The molecule has 1 aromatic carbocycles. The number of benzene rings is 1. The van der Waals surface area contributed by atoms with Crippen LogP contribution >= 0.6 is 0 Å². The van der Waals surface area contributed by atoms with Gasteiger partial charge in [0.1, 0.15) is 24.1 Å². The smallest absolute Gasteiger partial charge is 0.275 e. The molecule has 2 N–H and O–H groups in total. The summed E-state index contributed by atoms with van der Waals surface area (Å²) in [5.41, 5.74) is 13.2. The fraction of sp³-hybridized carbons (Fsp3) is 0.375. The fourth-order valence-corrected chi connectivity index (χ4v) is 6.36. The van der Waals surface area contributed by atoms with Crippen LogP contribution in [0.1, 0.15) is 49.1 Å². The number of likely N-dealkylation sites (tertiary alicyclic amines) is 1. The van der Waals surface area contributed by atoms with Gasteiger partial charge >= 0.3 is 0 Å². The lowest BCUT2D eigenvalue weighted by Crippen LogP contribution is -2.38. The van der Waals surface area contributed by atoms with Crippen LogP contribution in [0.15, 0.2) is 60.4 Å². The number of carbonyl (C=O) groups is 1. The van der Waals surface area contributed by atoms with E-state index in [2.05, 4.69) is 40.9 Å². The molecule has 0 radical (unpaired) electrons. The molecule has 0 saturated carbocycles. The number of carbonyl (C=O) groups excluding carboxylic acids is 1. The summed E-state index contributed by atoms with van der Waals surface area (Å²) >= 11 is 0. The highest BCUT2D eigenvalue weighted by molar-refractivity contribution is 5.87. The van der Waals surface area contributed by atoms with Crippen LogP contribution in [0.5, 0.6) is 5.75 Å². The number of amides is 1. The molecule has 0 spiro atoms. The van der Waals surface area contributed by atoms with Crippen molar-refractivity contribution in [3.05, 3.63) is 88.4 Å². The lowest BCUT2D eigenvalue weighted by atomic mass is 9.90. The largest absolute Gasteiger partial charge is 0.485 e. The van der Waals surface area contributed by atoms with Crippen molar-refractivity contribution >= 4 is 17.2 Å². The second-order valence-corrected chi connectivity index (χ2v) is 12.0. The van der Waals surface area contributed by atoms with Gasteiger partial charge in [0.15, 0.2) is 11.6 Å². The molecule has 1 atom stereocenters. The number of rotatable bonds is 7. The van der Waals surface area contributed by atoms with E-state index in [1.807, 2.05) is 37.5 Å². The van der Waals surface area contributed by atoms with E-state index in [0.717, 1.165) is 47.9 Å². The van der Waals surface area contributed by atoms with E-state index in [-0.39, 0.29) is 28.7 Å². The molecule has 2 aliphatic rings. The van der Waals surface area contributed by atoms with Gasteiger partial charge in [-0.2, -0.15) is 0 Å². The summed E-state index contributed by atoms with van der Waals surface area (Å²) in [6.45, 7) is 11.6. The fourth-order valence-electron chi connectivity index (χ4n) is 6.36. The molecule has 41 heavy (non-hydrogen) atoms. The molecule has 4 aromatic rings. The maximum Gasteiger partial charge on any atom is 0.275 e. The van der Waals surface area contributed by atoms with E-state index in [1.165, 1.54) is 23.7 Å². The third-order valence-electron chi connectivity index (χ3n) is 8.47. The number of hydrogen-bond donors (Lipinski definition) is 1. The number of anilines is 1. The van der Waals surface area contributed by atoms with Crippen molar-refractivity contribution in [2.24, 2.45) is 5.41 Å². The quantitative estimate of drug-likeness (QED) is 0.345. The molecular weight excluding hydrogens is 516 g/mol. The normalized spacial score (nSPS) is 17.6. The van der Waals surface area contributed by atoms with Gasteiger partial charge < -0.3 is 24.3 Å². The molecule has 1 aliphatic carbocycles. The number of nitrogens with two attached hydrogens (primary N) is 1. The number of hydrogen-bond acceptors (Lipinski definition) is 6. The van der Waals surface area contributed by atoms with Gasteiger partial charge in [0.2, 0.25) is 5.91 Å². The minimum Gasteiger partial charge on any atom is -0.485 e.